The number of carbonyl (C=O) groups is 10. The normalized spacial score (nSPS) is 14.5. The molecule has 3 aliphatic heterocycles. The molecule has 33 heteroatoms. The summed E-state index contributed by atoms with van der Waals surface area (Å²) < 4.78 is 15.8. The Morgan fingerprint density at radius 3 is 1.34 bits per heavy atom. The fraction of sp³-hybridized carbons (Fsp3) is 0.238. The van der Waals surface area contributed by atoms with E-state index in [0.29, 0.717) is 73.8 Å². The van der Waals surface area contributed by atoms with Crippen molar-refractivity contribution in [2.45, 2.75) is 64.8 Å². The minimum atomic E-state index is -0.576. The first kappa shape index (κ1) is 91.4. The summed E-state index contributed by atoms with van der Waals surface area (Å²) >= 11 is 20.2. The first-order valence-electron chi connectivity index (χ1n) is 36.1. The topological polar surface area (TPSA) is 338 Å². The van der Waals surface area contributed by atoms with Crippen molar-refractivity contribution in [2.75, 3.05) is 102 Å². The number of pyridine rings is 2. The Hall–Kier alpha value is -11.2. The predicted octanol–water partition coefficient (Wildman–Crippen LogP) is 14.9. The van der Waals surface area contributed by atoms with Gasteiger partial charge in [-0.2, -0.15) is 0 Å². The number of hydrogen-bond acceptors (Lipinski definition) is 19. The molecule has 3 aliphatic rings. The van der Waals surface area contributed by atoms with Gasteiger partial charge < -0.3 is 71.9 Å². The van der Waals surface area contributed by atoms with E-state index in [4.69, 9.17) is 43.2 Å². The zero-order valence-corrected chi connectivity index (χ0v) is 73.1. The molecule has 0 saturated carbocycles. The highest BCUT2D eigenvalue weighted by molar-refractivity contribution is 9.10. The Morgan fingerprint density at radius 1 is 0.530 bits per heavy atom. The van der Waals surface area contributed by atoms with Gasteiger partial charge in [-0.1, -0.05) is 81.9 Å². The molecule has 4 aromatic heterocycles. The van der Waals surface area contributed by atoms with E-state index in [9.17, 15) is 47.9 Å². The molecule has 0 unspecified atom stereocenters. The maximum atomic E-state index is 12.7. The minimum Gasteiger partial charge on any atom is -0.399 e. The molecule has 9 amide bonds. The number of fused-ring (bicyclic) bond motifs is 10. The second-order valence-electron chi connectivity index (χ2n) is 28.4. The molecule has 117 heavy (non-hydrogen) atoms. The van der Waals surface area contributed by atoms with Gasteiger partial charge in [-0.25, -0.2) is 9.97 Å². The third-order valence-electron chi connectivity index (χ3n) is 18.3. The van der Waals surface area contributed by atoms with Crippen LogP contribution in [0.3, 0.4) is 0 Å². The number of halogens is 4. The Balaban J connectivity index is 0.000000187. The zero-order valence-electron chi connectivity index (χ0n) is 66.8. The van der Waals surface area contributed by atoms with E-state index >= 15 is 0 Å². The second kappa shape index (κ2) is 39.7. The highest BCUT2D eigenvalue weighted by Gasteiger charge is 2.52. The van der Waals surface area contributed by atoms with Crippen LogP contribution in [-0.2, 0) is 28.5 Å². The van der Waals surface area contributed by atoms with Gasteiger partial charge in [0.15, 0.2) is 0 Å². The third-order valence-corrected chi connectivity index (χ3v) is 21.9. The van der Waals surface area contributed by atoms with Gasteiger partial charge >= 0.3 is 7.12 Å². The largest absolute Gasteiger partial charge is 0.494 e. The molecule has 9 N–H and O–H groups in total. The number of benzene rings is 6. The number of rotatable bonds is 13. The number of nitrogens with one attached hydrogen (secondary N) is 7. The molecule has 1 saturated heterocycles. The molecule has 0 radical (unpaired) electrons. The summed E-state index contributed by atoms with van der Waals surface area (Å²) in [4.78, 5) is 134. The molecule has 1 fully saturated rings. The van der Waals surface area contributed by atoms with Gasteiger partial charge in [-0.15, -0.1) is 22.7 Å². The number of hydrogen-bond donors (Lipinski definition) is 8. The summed E-state index contributed by atoms with van der Waals surface area (Å²) in [7, 11) is 12.8. The van der Waals surface area contributed by atoms with Gasteiger partial charge in [-0.3, -0.25) is 47.9 Å². The first-order valence-corrected chi connectivity index (χ1v) is 40.1. The number of carbonyl (C=O) groups excluding carboxylic acids is 10. The van der Waals surface area contributed by atoms with E-state index in [1.54, 1.807) is 129 Å². The minimum absolute atomic E-state index is 0.0150. The SMILES string of the molecule is C=CC(=O)Cl.C=CC(=O)Nc1cc(-c2ccc3c(ccc4sc5c(c43)NC[C@@H](C)NC5=O)n2)ccc1C(=O)N(C)C.C=CC(=O)Nc1cc(B2OC(C)(C)C(C)(C)O2)ccc1C(=O)N(C)C.C=CC(=O)Nc1cc(Br)ccc1C(=O)N(C)C.CN(C)C(=O)c1ccc(Br)cc1N.C[C@@H]1CNc2c(sc3ccc4nc(Cl)ccc4c23)C(=O)N1. The van der Waals surface area contributed by atoms with Crippen molar-refractivity contribution in [3.8, 4) is 11.3 Å². The highest BCUT2D eigenvalue weighted by atomic mass is 79.9. The molecule has 0 spiro atoms. The molecule has 2 atom stereocenters. The molecule has 10 aromatic rings. The lowest BCUT2D eigenvalue weighted by Gasteiger charge is -2.32. The highest BCUT2D eigenvalue weighted by Crippen LogP contribution is 2.44. The number of aromatic nitrogens is 2. The van der Waals surface area contributed by atoms with Crippen molar-refractivity contribution >= 4 is 225 Å². The van der Waals surface area contributed by atoms with E-state index in [1.165, 1.54) is 42.3 Å². The van der Waals surface area contributed by atoms with Crippen LogP contribution in [0.15, 0.2) is 181 Å². The van der Waals surface area contributed by atoms with Crippen LogP contribution < -0.4 is 48.4 Å². The Morgan fingerprint density at radius 2 is 0.915 bits per heavy atom. The number of amides is 9. The maximum Gasteiger partial charge on any atom is 0.494 e. The lowest BCUT2D eigenvalue weighted by molar-refractivity contribution is -0.112. The van der Waals surface area contributed by atoms with E-state index in [1.807, 2.05) is 90.1 Å². The van der Waals surface area contributed by atoms with Crippen LogP contribution >= 0.6 is 77.7 Å². The zero-order chi connectivity index (χ0) is 86.4. The van der Waals surface area contributed by atoms with Gasteiger partial charge in [-0.05, 0) is 192 Å². The quantitative estimate of drug-likeness (QED) is 0.0175. The van der Waals surface area contributed by atoms with Crippen LogP contribution in [0.5, 0.6) is 0 Å². The summed E-state index contributed by atoms with van der Waals surface area (Å²) in [5.74, 6) is -1.91. The standard InChI is InChI=1S/C27H25N5O3S.C18H25BN2O4.C15H12ClN3OS.C12H13BrN2O2.C9H11BrN2O.C3H3ClO/c1-5-22(33)31-20-12-15(6-7-17(20)27(35)32(3)4)18-9-8-16-19(30-18)10-11-21-23(16)24-25(36-21)26(34)29-14(2)13-28-24;1-8-15(22)20-14-11-12(9-10-13(14)16(23)21(6)7)19-24-17(2,3)18(4,5)25-19;1-7-6-17-13-12-8-2-5-11(16)19-9(8)3-4-10(12)21-14(13)15(20)18-7;1-4-11(16)14-10-7-8(13)5-6-9(10)12(17)15(2)3;1-12(2)9(13)7-4-3-6(10)5-8(7)11;1-2-3(4)5/h5-12,14,28H,1,13H2,2-4H3,(H,29,34)(H,31,33);8-11H,1H2,2-7H3,(H,20,22);2-5,7,17H,6H2,1H3,(H,18,20);4-7H,1H2,2-3H3,(H,14,16);3-5H,11H2,1-2H3;2H,1H2/t14-;;7-;;;/m1.1.../s1. The summed E-state index contributed by atoms with van der Waals surface area (Å²) in [6.45, 7) is 26.6. The maximum absolute atomic E-state index is 12.7. The Kier molecular flexibility index (Phi) is 31.0. The fourth-order valence-electron chi connectivity index (χ4n) is 11.6. The van der Waals surface area contributed by atoms with Crippen molar-refractivity contribution in [2.24, 2.45) is 0 Å². The summed E-state index contributed by atoms with van der Waals surface area (Å²) in [6, 6.07) is 36.4. The van der Waals surface area contributed by atoms with E-state index in [-0.39, 0.29) is 59.3 Å². The monoisotopic (exact) mass is 1790 g/mol. The van der Waals surface area contributed by atoms with Crippen LogP contribution in [0.4, 0.5) is 34.1 Å². The average Bonchev–Trinajstić information content (AvgIpc) is 1.62. The van der Waals surface area contributed by atoms with E-state index in [2.05, 4.69) is 100 Å². The van der Waals surface area contributed by atoms with Gasteiger partial charge in [0.2, 0.25) is 23.0 Å². The Bertz CT molecular complexity index is 5600. The number of allylic oxidation sites excluding steroid dienone is 1. The van der Waals surface area contributed by atoms with Gasteiger partial charge in [0.25, 0.3) is 35.4 Å². The van der Waals surface area contributed by atoms with Crippen LogP contribution in [0.1, 0.15) is 102 Å². The number of anilines is 6. The van der Waals surface area contributed by atoms with Crippen molar-refractivity contribution in [1.82, 2.24) is 40.2 Å². The number of nitrogens with zero attached hydrogens (tertiary/aromatic N) is 6. The van der Waals surface area contributed by atoms with Gasteiger partial charge in [0.05, 0.1) is 78.6 Å². The first-order chi connectivity index (χ1) is 55.1. The van der Waals surface area contributed by atoms with E-state index in [0.717, 1.165) is 103 Å². The molecule has 7 heterocycles. The van der Waals surface area contributed by atoms with Crippen molar-refractivity contribution < 1.29 is 57.3 Å². The lowest BCUT2D eigenvalue weighted by atomic mass is 9.78. The molecule has 0 bridgehead atoms. The molecule has 13 rings (SSSR count). The summed E-state index contributed by atoms with van der Waals surface area (Å²) in [6.07, 6.45) is 4.52. The smallest absolute Gasteiger partial charge is 0.399 e. The van der Waals surface area contributed by atoms with Crippen molar-refractivity contribution in [3.63, 3.8) is 0 Å². The molecule has 610 valence electrons. The third kappa shape index (κ3) is 22.5. The summed E-state index contributed by atoms with van der Waals surface area (Å²) in [5, 5.41) is 24.8. The van der Waals surface area contributed by atoms with Crippen LogP contribution in [-0.4, -0.2) is 188 Å². The van der Waals surface area contributed by atoms with Crippen LogP contribution in [0.25, 0.3) is 53.2 Å². The average molecular weight is 1790 g/mol. The Labute approximate surface area is 713 Å². The molecule has 26 nitrogen and oxygen atoms in total. The molecular weight excluding hydrogens is 1700 g/mol. The van der Waals surface area contributed by atoms with Crippen LogP contribution in [0, 0.1) is 0 Å². The van der Waals surface area contributed by atoms with Crippen molar-refractivity contribution in [3.05, 3.63) is 218 Å². The molecular formula is C84H89BBr2Cl2N14O12S2. The van der Waals surface area contributed by atoms with E-state index < -0.39 is 29.5 Å². The molecule has 6 aromatic carbocycles. The van der Waals surface area contributed by atoms with Crippen LogP contribution in [0.2, 0.25) is 5.15 Å². The van der Waals surface area contributed by atoms with Gasteiger partial charge in [0, 0.05) is 133 Å². The predicted molar refractivity (Wildman–Crippen MR) is 480 cm³/mol. The number of thiophene rings is 2. The van der Waals surface area contributed by atoms with Gasteiger partial charge in [0.1, 0.15) is 14.9 Å². The second-order valence-corrected chi connectivity index (χ2v) is 33.1. The van der Waals surface area contributed by atoms with Crippen molar-refractivity contribution in [1.29, 1.82) is 0 Å². The molecule has 0 aliphatic carbocycles. The number of nitrogens with two attached hydrogens (primary N) is 1. The fourth-order valence-corrected chi connectivity index (χ4v) is 14.7. The lowest BCUT2D eigenvalue weighted by Crippen LogP contribution is -2.41. The number of nitrogen functional groups attached to an aromatic ring is 1. The summed E-state index contributed by atoms with van der Waals surface area (Å²) in [5.41, 5.74) is 13.8.